The standard InChI is InChI=1S/C12H14Cl2N2O3/c1-7-5-9(10(19-2)6-8(7)14)16-12(18)11(17)15-4-3-13/h5-6H,3-4H2,1-2H3,(H,15,17)(H,16,18). The van der Waals surface area contributed by atoms with E-state index in [0.717, 1.165) is 5.56 Å². The Labute approximate surface area is 121 Å². The van der Waals surface area contributed by atoms with E-state index in [4.69, 9.17) is 27.9 Å². The van der Waals surface area contributed by atoms with Crippen molar-refractivity contribution in [3.63, 3.8) is 0 Å². The molecule has 0 radical (unpaired) electrons. The van der Waals surface area contributed by atoms with Gasteiger partial charge in [-0.25, -0.2) is 0 Å². The minimum atomic E-state index is -0.787. The highest BCUT2D eigenvalue weighted by Gasteiger charge is 2.16. The van der Waals surface area contributed by atoms with Gasteiger partial charge in [0.2, 0.25) is 0 Å². The Balaban J connectivity index is 2.84. The number of methoxy groups -OCH3 is 1. The third-order valence-corrected chi connectivity index (χ3v) is 2.91. The third kappa shape index (κ3) is 4.29. The molecule has 0 saturated carbocycles. The Kier molecular flexibility index (Phi) is 5.92. The van der Waals surface area contributed by atoms with E-state index < -0.39 is 11.8 Å². The van der Waals surface area contributed by atoms with Gasteiger partial charge in [0.1, 0.15) is 5.75 Å². The topological polar surface area (TPSA) is 67.4 Å². The average Bonchev–Trinajstić information content (AvgIpc) is 2.39. The molecule has 0 aromatic heterocycles. The predicted octanol–water partition coefficient (Wildman–Crippen LogP) is 1.95. The van der Waals surface area contributed by atoms with Gasteiger partial charge in [-0.3, -0.25) is 9.59 Å². The first-order valence-electron chi connectivity index (χ1n) is 5.49. The summed E-state index contributed by atoms with van der Waals surface area (Å²) < 4.78 is 5.09. The van der Waals surface area contributed by atoms with Crippen molar-refractivity contribution in [1.29, 1.82) is 0 Å². The number of aryl methyl sites for hydroxylation is 1. The van der Waals surface area contributed by atoms with Crippen LogP contribution in [-0.2, 0) is 9.59 Å². The second kappa shape index (κ2) is 7.21. The lowest BCUT2D eigenvalue weighted by Gasteiger charge is -2.12. The molecule has 1 rings (SSSR count). The first kappa shape index (κ1) is 15.6. The second-order valence-electron chi connectivity index (χ2n) is 3.70. The largest absolute Gasteiger partial charge is 0.495 e. The fourth-order valence-corrected chi connectivity index (χ4v) is 1.60. The number of rotatable bonds is 4. The number of alkyl halides is 1. The highest BCUT2D eigenvalue weighted by molar-refractivity contribution is 6.40. The van der Waals surface area contributed by atoms with Gasteiger partial charge in [-0.15, -0.1) is 11.6 Å². The Hall–Kier alpha value is -1.46. The van der Waals surface area contributed by atoms with Gasteiger partial charge in [-0.1, -0.05) is 11.6 Å². The molecule has 2 N–H and O–H groups in total. The van der Waals surface area contributed by atoms with Crippen LogP contribution in [0.1, 0.15) is 5.56 Å². The van der Waals surface area contributed by atoms with Crippen molar-refractivity contribution < 1.29 is 14.3 Å². The Bertz CT molecular complexity index is 492. The lowest BCUT2D eigenvalue weighted by Crippen LogP contribution is -2.36. The molecule has 2 amide bonds. The van der Waals surface area contributed by atoms with Gasteiger partial charge in [0.05, 0.1) is 12.8 Å². The number of hydrogen-bond donors (Lipinski definition) is 2. The van der Waals surface area contributed by atoms with Crippen LogP contribution in [0.3, 0.4) is 0 Å². The van der Waals surface area contributed by atoms with E-state index in [0.29, 0.717) is 16.5 Å². The van der Waals surface area contributed by atoms with E-state index in [1.165, 1.54) is 7.11 Å². The van der Waals surface area contributed by atoms with E-state index in [2.05, 4.69) is 10.6 Å². The van der Waals surface area contributed by atoms with Crippen LogP contribution in [0.2, 0.25) is 5.02 Å². The van der Waals surface area contributed by atoms with Crippen molar-refractivity contribution in [2.24, 2.45) is 0 Å². The van der Waals surface area contributed by atoms with Crippen LogP contribution in [0.15, 0.2) is 12.1 Å². The summed E-state index contributed by atoms with van der Waals surface area (Å²) in [6, 6.07) is 3.21. The summed E-state index contributed by atoms with van der Waals surface area (Å²) in [5.41, 5.74) is 1.15. The van der Waals surface area contributed by atoms with Gasteiger partial charge in [-0.2, -0.15) is 0 Å². The van der Waals surface area contributed by atoms with E-state index in [-0.39, 0.29) is 12.4 Å². The Morgan fingerprint density at radius 3 is 2.58 bits per heavy atom. The molecule has 0 bridgehead atoms. The van der Waals surface area contributed by atoms with E-state index >= 15 is 0 Å². The maximum atomic E-state index is 11.6. The number of benzene rings is 1. The number of ether oxygens (including phenoxy) is 1. The molecule has 104 valence electrons. The van der Waals surface area contributed by atoms with Crippen molar-refractivity contribution in [3.05, 3.63) is 22.7 Å². The smallest absolute Gasteiger partial charge is 0.313 e. The number of nitrogens with one attached hydrogen (secondary N) is 2. The molecule has 7 heteroatoms. The third-order valence-electron chi connectivity index (χ3n) is 2.32. The molecule has 1 aromatic carbocycles. The fourth-order valence-electron chi connectivity index (χ4n) is 1.35. The van der Waals surface area contributed by atoms with Crippen molar-refractivity contribution >= 4 is 40.7 Å². The van der Waals surface area contributed by atoms with Crippen LogP contribution >= 0.6 is 23.2 Å². The van der Waals surface area contributed by atoms with Crippen LogP contribution in [0.5, 0.6) is 5.75 Å². The Morgan fingerprint density at radius 2 is 2.00 bits per heavy atom. The minimum Gasteiger partial charge on any atom is -0.495 e. The van der Waals surface area contributed by atoms with Crippen molar-refractivity contribution in [3.8, 4) is 5.75 Å². The molecule has 5 nitrogen and oxygen atoms in total. The van der Waals surface area contributed by atoms with Crippen LogP contribution < -0.4 is 15.4 Å². The quantitative estimate of drug-likeness (QED) is 0.660. The molecule has 19 heavy (non-hydrogen) atoms. The normalized spacial score (nSPS) is 9.89. The lowest BCUT2D eigenvalue weighted by molar-refractivity contribution is -0.136. The predicted molar refractivity (Wildman–Crippen MR) is 75.1 cm³/mol. The van der Waals surface area contributed by atoms with E-state index in [1.54, 1.807) is 19.1 Å². The average molecular weight is 305 g/mol. The molecule has 0 unspecified atom stereocenters. The molecule has 1 aromatic rings. The molecular weight excluding hydrogens is 291 g/mol. The molecule has 0 aliphatic carbocycles. The molecule has 0 aliphatic rings. The summed E-state index contributed by atoms with van der Waals surface area (Å²) in [5, 5.41) is 5.34. The second-order valence-corrected chi connectivity index (χ2v) is 4.49. The molecular formula is C12H14Cl2N2O3. The number of halogens is 2. The fraction of sp³-hybridized carbons (Fsp3) is 0.333. The summed E-state index contributed by atoms with van der Waals surface area (Å²) in [6.45, 7) is 2.01. The number of hydrogen-bond acceptors (Lipinski definition) is 3. The van der Waals surface area contributed by atoms with Crippen molar-refractivity contribution in [2.75, 3.05) is 24.9 Å². The molecule has 0 spiro atoms. The molecule has 0 aliphatic heterocycles. The Morgan fingerprint density at radius 1 is 1.32 bits per heavy atom. The van der Waals surface area contributed by atoms with Gasteiger partial charge < -0.3 is 15.4 Å². The number of carbonyl (C=O) groups is 2. The summed E-state index contributed by atoms with van der Waals surface area (Å²) in [7, 11) is 1.45. The summed E-state index contributed by atoms with van der Waals surface area (Å²) >= 11 is 11.4. The summed E-state index contributed by atoms with van der Waals surface area (Å²) in [4.78, 5) is 23.0. The number of anilines is 1. The first-order valence-corrected chi connectivity index (χ1v) is 6.40. The zero-order valence-corrected chi connectivity index (χ0v) is 12.1. The van der Waals surface area contributed by atoms with Gasteiger partial charge >= 0.3 is 11.8 Å². The van der Waals surface area contributed by atoms with Crippen molar-refractivity contribution in [2.45, 2.75) is 6.92 Å². The lowest BCUT2D eigenvalue weighted by atomic mass is 10.2. The first-order chi connectivity index (χ1) is 8.99. The molecule has 0 heterocycles. The zero-order valence-electron chi connectivity index (χ0n) is 10.5. The highest BCUT2D eigenvalue weighted by atomic mass is 35.5. The van der Waals surface area contributed by atoms with Gasteiger partial charge in [-0.05, 0) is 18.6 Å². The molecule has 0 fully saturated rings. The zero-order chi connectivity index (χ0) is 14.4. The van der Waals surface area contributed by atoms with Crippen LogP contribution in [0, 0.1) is 6.92 Å². The van der Waals surface area contributed by atoms with Crippen molar-refractivity contribution in [1.82, 2.24) is 5.32 Å². The van der Waals surface area contributed by atoms with Gasteiger partial charge in [0.15, 0.2) is 0 Å². The molecule has 0 atom stereocenters. The summed E-state index contributed by atoms with van der Waals surface area (Å²) in [5.74, 6) is -0.919. The maximum Gasteiger partial charge on any atom is 0.313 e. The van der Waals surface area contributed by atoms with Gasteiger partial charge in [0, 0.05) is 23.5 Å². The molecule has 0 saturated heterocycles. The maximum absolute atomic E-state index is 11.6. The van der Waals surface area contributed by atoms with E-state index in [9.17, 15) is 9.59 Å². The number of carbonyl (C=O) groups excluding carboxylic acids is 2. The highest BCUT2D eigenvalue weighted by Crippen LogP contribution is 2.30. The van der Waals surface area contributed by atoms with Crippen LogP contribution in [0.25, 0.3) is 0 Å². The summed E-state index contributed by atoms with van der Waals surface area (Å²) in [6.07, 6.45) is 0. The van der Waals surface area contributed by atoms with Gasteiger partial charge in [0.25, 0.3) is 0 Å². The van der Waals surface area contributed by atoms with Crippen LogP contribution in [0.4, 0.5) is 5.69 Å². The minimum absolute atomic E-state index is 0.227. The number of amides is 2. The monoisotopic (exact) mass is 304 g/mol. The van der Waals surface area contributed by atoms with E-state index in [1.807, 2.05) is 0 Å². The SMILES string of the molecule is COc1cc(Cl)c(C)cc1NC(=O)C(=O)NCCCl. The van der Waals surface area contributed by atoms with Crippen LogP contribution in [-0.4, -0.2) is 31.3 Å².